The van der Waals surface area contributed by atoms with Crippen molar-refractivity contribution in [3.63, 3.8) is 0 Å². The zero-order chi connectivity index (χ0) is 16.7. The maximum Gasteiger partial charge on any atom is 0.376 e. The molecule has 0 heterocycles. The Morgan fingerprint density at radius 1 is 0.957 bits per heavy atom. The number of benzene rings is 2. The average Bonchev–Trinajstić information content (AvgIpc) is 2.62. The molecule has 0 saturated heterocycles. The summed E-state index contributed by atoms with van der Waals surface area (Å²) in [6.07, 6.45) is 1.58. The Balaban J connectivity index is 2.37. The van der Waals surface area contributed by atoms with Gasteiger partial charge in [0, 0.05) is 19.8 Å². The Morgan fingerprint density at radius 2 is 1.48 bits per heavy atom. The van der Waals surface area contributed by atoms with E-state index >= 15 is 0 Å². The molecule has 1 N–H and O–H groups in total. The summed E-state index contributed by atoms with van der Waals surface area (Å²) in [5.41, 5.74) is 1.30. The van der Waals surface area contributed by atoms with Gasteiger partial charge in [0.05, 0.1) is 0 Å². The summed E-state index contributed by atoms with van der Waals surface area (Å²) in [6.45, 7) is 0. The van der Waals surface area contributed by atoms with Crippen molar-refractivity contribution in [2.24, 2.45) is 0 Å². The lowest BCUT2D eigenvalue weighted by Gasteiger charge is -2.18. The normalized spacial score (nSPS) is 12.0. The molecule has 2 rings (SSSR count). The molecule has 6 heteroatoms. The van der Waals surface area contributed by atoms with Crippen molar-refractivity contribution >= 4 is 19.6 Å². The largest absolute Gasteiger partial charge is 0.376 e. The van der Waals surface area contributed by atoms with Crippen molar-refractivity contribution in [2.75, 3.05) is 14.2 Å². The van der Waals surface area contributed by atoms with Crippen molar-refractivity contribution in [1.29, 1.82) is 0 Å². The Morgan fingerprint density at radius 3 is 2.00 bits per heavy atom. The first kappa shape index (κ1) is 17.2. The Kier molecular flexibility index (Phi) is 5.88. The lowest BCUT2D eigenvalue weighted by Crippen LogP contribution is -2.23. The van der Waals surface area contributed by atoms with Gasteiger partial charge in [0.2, 0.25) is 0 Å². The van der Waals surface area contributed by atoms with E-state index in [4.69, 9.17) is 9.05 Å². The second-order valence-corrected chi connectivity index (χ2v) is 6.83. The van der Waals surface area contributed by atoms with Gasteiger partial charge in [-0.15, -0.1) is 0 Å². The van der Waals surface area contributed by atoms with E-state index in [-0.39, 0.29) is 11.3 Å². The summed E-state index contributed by atoms with van der Waals surface area (Å²) in [4.78, 5) is 12.3. The molecule has 0 aromatic heterocycles. The number of carbonyl (C=O) groups is 1. The highest BCUT2D eigenvalue weighted by atomic mass is 31.2. The van der Waals surface area contributed by atoms with Crippen LogP contribution in [-0.4, -0.2) is 20.1 Å². The molecule has 0 fully saturated rings. The number of hydrogen-bond donors (Lipinski definition) is 1. The van der Waals surface area contributed by atoms with Crippen molar-refractivity contribution in [1.82, 2.24) is 5.32 Å². The first-order valence-corrected chi connectivity index (χ1v) is 8.48. The van der Waals surface area contributed by atoms with Gasteiger partial charge in [-0.2, -0.15) is 0 Å². The van der Waals surface area contributed by atoms with Gasteiger partial charge >= 0.3 is 7.60 Å². The van der Waals surface area contributed by atoms with E-state index in [1.54, 1.807) is 30.3 Å². The second kappa shape index (κ2) is 7.88. The first-order valence-electron chi connectivity index (χ1n) is 6.94. The van der Waals surface area contributed by atoms with Crippen LogP contribution in [0.5, 0.6) is 0 Å². The summed E-state index contributed by atoms with van der Waals surface area (Å²) in [6, 6.07) is 17.8. The zero-order valence-electron chi connectivity index (χ0n) is 12.9. The van der Waals surface area contributed by atoms with Crippen molar-refractivity contribution < 1.29 is 18.4 Å². The summed E-state index contributed by atoms with van der Waals surface area (Å²) >= 11 is 0. The predicted octanol–water partition coefficient (Wildman–Crippen LogP) is 3.90. The molecule has 23 heavy (non-hydrogen) atoms. The molecule has 0 unspecified atom stereocenters. The lowest BCUT2D eigenvalue weighted by molar-refractivity contribution is 0.0966. The smallest absolute Gasteiger partial charge is 0.315 e. The van der Waals surface area contributed by atoms with Gasteiger partial charge in [0.1, 0.15) is 5.44 Å². The van der Waals surface area contributed by atoms with Crippen LogP contribution in [0.15, 0.2) is 66.1 Å². The van der Waals surface area contributed by atoms with Crippen LogP contribution >= 0.6 is 7.60 Å². The predicted molar refractivity (Wildman–Crippen MR) is 90.0 cm³/mol. The van der Waals surface area contributed by atoms with Crippen LogP contribution in [-0.2, 0) is 13.6 Å². The highest BCUT2D eigenvalue weighted by Crippen LogP contribution is 2.53. The number of rotatable bonds is 6. The van der Waals surface area contributed by atoms with E-state index < -0.39 is 7.60 Å². The van der Waals surface area contributed by atoms with Crippen LogP contribution < -0.4 is 5.32 Å². The number of carbonyl (C=O) groups excluding carboxylic acids is 1. The van der Waals surface area contributed by atoms with E-state index in [9.17, 15) is 9.36 Å². The molecule has 120 valence electrons. The van der Waals surface area contributed by atoms with Crippen molar-refractivity contribution in [2.45, 2.75) is 0 Å². The highest BCUT2D eigenvalue weighted by molar-refractivity contribution is 7.58. The average molecular weight is 331 g/mol. The third kappa shape index (κ3) is 4.39. The van der Waals surface area contributed by atoms with E-state index in [1.807, 2.05) is 36.4 Å². The van der Waals surface area contributed by atoms with Gasteiger partial charge in [-0.3, -0.25) is 9.36 Å². The molecule has 0 bridgehead atoms. The number of nitrogens with one attached hydrogen (secondary N) is 1. The molecular weight excluding hydrogens is 313 g/mol. The summed E-state index contributed by atoms with van der Waals surface area (Å²) in [5.74, 6) is -0.387. The minimum Gasteiger partial charge on any atom is -0.315 e. The fourth-order valence-corrected chi connectivity index (χ4v) is 3.03. The van der Waals surface area contributed by atoms with Gasteiger partial charge in [-0.1, -0.05) is 48.5 Å². The van der Waals surface area contributed by atoms with Gasteiger partial charge in [-0.05, 0) is 23.8 Å². The second-order valence-electron chi connectivity index (χ2n) is 4.62. The van der Waals surface area contributed by atoms with E-state index in [1.165, 1.54) is 14.2 Å². The molecule has 0 aliphatic carbocycles. The van der Waals surface area contributed by atoms with Crippen LogP contribution in [0.3, 0.4) is 0 Å². The molecule has 0 spiro atoms. The number of hydrogen-bond acceptors (Lipinski definition) is 4. The van der Waals surface area contributed by atoms with Crippen LogP contribution in [0.25, 0.3) is 6.08 Å². The third-order valence-corrected chi connectivity index (χ3v) is 4.95. The van der Waals surface area contributed by atoms with Gasteiger partial charge in [0.25, 0.3) is 5.91 Å². The fraction of sp³-hybridized carbons (Fsp3) is 0.118. The first-order chi connectivity index (χ1) is 11.1. The Labute approximate surface area is 135 Å². The molecular formula is C17H18NO4P. The summed E-state index contributed by atoms with van der Waals surface area (Å²) < 4.78 is 22.7. The molecule has 5 nitrogen and oxygen atoms in total. The summed E-state index contributed by atoms with van der Waals surface area (Å²) in [5, 5.41) is 2.63. The van der Waals surface area contributed by atoms with Gasteiger partial charge < -0.3 is 14.4 Å². The molecule has 2 aromatic carbocycles. The van der Waals surface area contributed by atoms with Crippen LogP contribution in [0.1, 0.15) is 15.9 Å². The van der Waals surface area contributed by atoms with Gasteiger partial charge in [-0.25, -0.2) is 0 Å². The summed E-state index contributed by atoms with van der Waals surface area (Å²) in [7, 11) is -1.05. The third-order valence-electron chi connectivity index (χ3n) is 3.16. The highest BCUT2D eigenvalue weighted by Gasteiger charge is 2.29. The quantitative estimate of drug-likeness (QED) is 0.815. The van der Waals surface area contributed by atoms with E-state index in [0.717, 1.165) is 5.56 Å². The van der Waals surface area contributed by atoms with Crippen LogP contribution in [0.2, 0.25) is 0 Å². The van der Waals surface area contributed by atoms with E-state index in [2.05, 4.69) is 5.32 Å². The maximum atomic E-state index is 12.7. The molecule has 0 saturated carbocycles. The molecule has 1 amide bonds. The maximum absolute atomic E-state index is 12.7. The topological polar surface area (TPSA) is 64.6 Å². The van der Waals surface area contributed by atoms with Crippen molar-refractivity contribution in [3.05, 3.63) is 77.2 Å². The molecule has 0 atom stereocenters. The minimum atomic E-state index is -3.60. The van der Waals surface area contributed by atoms with Crippen LogP contribution in [0.4, 0.5) is 0 Å². The fourth-order valence-electron chi connectivity index (χ4n) is 1.94. The van der Waals surface area contributed by atoms with Crippen LogP contribution in [0, 0.1) is 0 Å². The zero-order valence-corrected chi connectivity index (χ0v) is 13.8. The standard InChI is InChI=1S/C17H18NO4P/c1-21-23(20,22-2)16(13-14-9-5-3-6-10-14)18-17(19)15-11-7-4-8-12-15/h3-13H,1-2H3,(H,18,19)/b16-13+. The molecule has 0 aliphatic rings. The molecule has 0 radical (unpaired) electrons. The molecule has 2 aromatic rings. The Bertz CT molecular complexity index is 721. The monoisotopic (exact) mass is 331 g/mol. The molecule has 0 aliphatic heterocycles. The Hall–Kier alpha value is -2.20. The van der Waals surface area contributed by atoms with Crippen molar-refractivity contribution in [3.8, 4) is 0 Å². The lowest BCUT2D eigenvalue weighted by atomic mass is 10.2. The van der Waals surface area contributed by atoms with E-state index in [0.29, 0.717) is 5.56 Å². The van der Waals surface area contributed by atoms with Gasteiger partial charge in [0.15, 0.2) is 0 Å². The number of amides is 1. The minimum absolute atomic E-state index is 0.0857. The SMILES string of the molecule is COP(=O)(OC)/C(=C/c1ccccc1)NC(=O)c1ccccc1.